The third-order valence-electron chi connectivity index (χ3n) is 5.38. The summed E-state index contributed by atoms with van der Waals surface area (Å²) in [6, 6.07) is 10.5. The van der Waals surface area contributed by atoms with Crippen LogP contribution in [0.2, 0.25) is 0 Å². The molecule has 0 saturated carbocycles. The molecule has 2 aliphatic rings. The normalized spacial score (nSPS) is 21.1. The zero-order chi connectivity index (χ0) is 17.1. The van der Waals surface area contributed by atoms with Gasteiger partial charge in [-0.15, -0.1) is 0 Å². The van der Waals surface area contributed by atoms with E-state index >= 15 is 0 Å². The lowest BCUT2D eigenvalue weighted by atomic mass is 10.0. The molecule has 1 aromatic carbocycles. The molecule has 1 aromatic heterocycles. The summed E-state index contributed by atoms with van der Waals surface area (Å²) in [6.45, 7) is 4.47. The average Bonchev–Trinajstić information content (AvgIpc) is 3.16. The molecule has 0 bridgehead atoms. The summed E-state index contributed by atoms with van der Waals surface area (Å²) in [5.74, 6) is 0.787. The molecule has 0 N–H and O–H groups in total. The summed E-state index contributed by atoms with van der Waals surface area (Å²) in [5, 5.41) is 1.19. The average molecular weight is 335 g/mol. The van der Waals surface area contributed by atoms with Crippen molar-refractivity contribution in [2.24, 2.45) is 5.92 Å². The number of aromatic nitrogens is 1. The molecule has 2 heterocycles. The van der Waals surface area contributed by atoms with Crippen molar-refractivity contribution in [3.8, 4) is 0 Å². The Hall–Kier alpha value is -2.20. The number of pyridine rings is 1. The van der Waals surface area contributed by atoms with Crippen LogP contribution < -0.4 is 0 Å². The van der Waals surface area contributed by atoms with Crippen LogP contribution in [0, 0.1) is 5.92 Å². The molecule has 1 saturated heterocycles. The Kier molecular flexibility index (Phi) is 4.79. The fourth-order valence-electron chi connectivity index (χ4n) is 3.91. The van der Waals surface area contributed by atoms with E-state index in [2.05, 4.69) is 46.3 Å². The number of benzene rings is 1. The molecule has 0 radical (unpaired) electrons. The number of fused-ring (bicyclic) bond motifs is 1. The molecule has 2 aromatic rings. The Balaban J connectivity index is 1.34. The lowest BCUT2D eigenvalue weighted by molar-refractivity contribution is -0.133. The number of hydrogen-bond donors (Lipinski definition) is 0. The summed E-state index contributed by atoms with van der Waals surface area (Å²) >= 11 is 0. The van der Waals surface area contributed by atoms with Gasteiger partial charge in [-0.1, -0.05) is 36.4 Å². The van der Waals surface area contributed by atoms with Gasteiger partial charge >= 0.3 is 0 Å². The maximum Gasteiger partial charge on any atom is 0.223 e. The zero-order valence-corrected chi connectivity index (χ0v) is 14.6. The molecule has 1 aliphatic heterocycles. The molecule has 0 unspecified atom stereocenters. The van der Waals surface area contributed by atoms with Crippen LogP contribution in [-0.4, -0.2) is 46.9 Å². The molecule has 1 amide bonds. The van der Waals surface area contributed by atoms with Crippen LogP contribution in [0.15, 0.2) is 48.7 Å². The topological polar surface area (TPSA) is 36.4 Å². The molecule has 1 fully saturated rings. The molecule has 1 aliphatic carbocycles. The first-order valence-corrected chi connectivity index (χ1v) is 9.29. The Bertz CT molecular complexity index is 772. The van der Waals surface area contributed by atoms with Crippen LogP contribution in [0.5, 0.6) is 0 Å². The molecular weight excluding hydrogens is 310 g/mol. The van der Waals surface area contributed by atoms with Gasteiger partial charge in [0, 0.05) is 50.7 Å². The number of amides is 1. The second-order valence-electron chi connectivity index (χ2n) is 7.12. The Morgan fingerprint density at radius 1 is 1.12 bits per heavy atom. The number of carbonyl (C=O) groups excluding carboxylic acids is 1. The van der Waals surface area contributed by atoms with Crippen LogP contribution in [0.1, 0.15) is 24.8 Å². The number of carbonyl (C=O) groups is 1. The highest BCUT2D eigenvalue weighted by Gasteiger charge is 2.23. The van der Waals surface area contributed by atoms with Crippen LogP contribution in [0.25, 0.3) is 10.9 Å². The van der Waals surface area contributed by atoms with Gasteiger partial charge in [0.25, 0.3) is 0 Å². The Labute approximate surface area is 149 Å². The number of allylic oxidation sites excluding steroid dienone is 2. The minimum atomic E-state index is 0.322. The van der Waals surface area contributed by atoms with E-state index in [0.717, 1.165) is 51.1 Å². The van der Waals surface area contributed by atoms with Crippen molar-refractivity contribution in [3.05, 3.63) is 54.2 Å². The zero-order valence-electron chi connectivity index (χ0n) is 14.6. The first kappa shape index (κ1) is 16.3. The van der Waals surface area contributed by atoms with Crippen molar-refractivity contribution in [2.45, 2.75) is 25.8 Å². The molecule has 25 heavy (non-hydrogen) atoms. The van der Waals surface area contributed by atoms with E-state index in [0.29, 0.717) is 18.2 Å². The second kappa shape index (κ2) is 7.36. The second-order valence-corrected chi connectivity index (χ2v) is 7.12. The fraction of sp³-hybridized carbons (Fsp3) is 0.429. The summed E-state index contributed by atoms with van der Waals surface area (Å²) < 4.78 is 0. The minimum absolute atomic E-state index is 0.322. The fourth-order valence-corrected chi connectivity index (χ4v) is 3.91. The highest BCUT2D eigenvalue weighted by Crippen LogP contribution is 2.22. The standard InChI is InChI=1S/C21H25N3O/c25-20(15-17-5-1-2-6-17)24-13-11-23(12-14-24)16-19-8-3-7-18-9-4-10-22-21(18)19/h1,3-5,7-10,17H,2,6,11-16H2/t17-/m1/s1. The number of nitrogens with zero attached hydrogens (tertiary/aromatic N) is 3. The SMILES string of the molecule is O=C(C[C@@H]1C=CCC1)N1CCN(Cc2cccc3cccnc23)CC1. The minimum Gasteiger partial charge on any atom is -0.340 e. The van der Waals surface area contributed by atoms with Crippen molar-refractivity contribution < 1.29 is 4.79 Å². The monoisotopic (exact) mass is 335 g/mol. The first-order valence-electron chi connectivity index (χ1n) is 9.29. The van der Waals surface area contributed by atoms with Gasteiger partial charge in [-0.25, -0.2) is 0 Å². The predicted octanol–water partition coefficient (Wildman–Crippen LogP) is 3.24. The molecule has 130 valence electrons. The lowest BCUT2D eigenvalue weighted by Gasteiger charge is -2.35. The van der Waals surface area contributed by atoms with Gasteiger partial charge in [0.05, 0.1) is 5.52 Å². The van der Waals surface area contributed by atoms with E-state index in [9.17, 15) is 4.79 Å². The largest absolute Gasteiger partial charge is 0.340 e. The quantitative estimate of drug-likeness (QED) is 0.805. The maximum atomic E-state index is 12.5. The van der Waals surface area contributed by atoms with Crippen LogP contribution in [-0.2, 0) is 11.3 Å². The summed E-state index contributed by atoms with van der Waals surface area (Å²) in [5.41, 5.74) is 2.37. The Morgan fingerprint density at radius 2 is 1.96 bits per heavy atom. The van der Waals surface area contributed by atoms with Crippen molar-refractivity contribution in [1.82, 2.24) is 14.8 Å². The molecule has 1 atom stereocenters. The van der Waals surface area contributed by atoms with Gasteiger partial charge in [-0.05, 0) is 30.4 Å². The third-order valence-corrected chi connectivity index (χ3v) is 5.38. The van der Waals surface area contributed by atoms with Crippen LogP contribution in [0.4, 0.5) is 0 Å². The van der Waals surface area contributed by atoms with E-state index < -0.39 is 0 Å². The van der Waals surface area contributed by atoms with Crippen molar-refractivity contribution >= 4 is 16.8 Å². The first-order chi connectivity index (χ1) is 12.3. The molecular formula is C21H25N3O. The molecule has 4 nitrogen and oxygen atoms in total. The molecule has 0 spiro atoms. The van der Waals surface area contributed by atoms with Gasteiger partial charge in [0.1, 0.15) is 0 Å². The highest BCUT2D eigenvalue weighted by molar-refractivity contribution is 5.81. The summed E-state index contributed by atoms with van der Waals surface area (Å²) in [6.07, 6.45) is 9.23. The van der Waals surface area contributed by atoms with E-state index in [1.165, 1.54) is 10.9 Å². The molecule has 4 heteroatoms. The summed E-state index contributed by atoms with van der Waals surface area (Å²) in [7, 11) is 0. The number of piperazine rings is 1. The lowest BCUT2D eigenvalue weighted by Crippen LogP contribution is -2.48. The number of para-hydroxylation sites is 1. The van der Waals surface area contributed by atoms with Gasteiger partial charge in [0.2, 0.25) is 5.91 Å². The van der Waals surface area contributed by atoms with Crippen molar-refractivity contribution in [3.63, 3.8) is 0 Å². The van der Waals surface area contributed by atoms with E-state index in [4.69, 9.17) is 0 Å². The van der Waals surface area contributed by atoms with E-state index in [1.54, 1.807) is 0 Å². The van der Waals surface area contributed by atoms with Crippen LogP contribution >= 0.6 is 0 Å². The van der Waals surface area contributed by atoms with Crippen LogP contribution in [0.3, 0.4) is 0 Å². The van der Waals surface area contributed by atoms with Crippen molar-refractivity contribution in [2.75, 3.05) is 26.2 Å². The highest BCUT2D eigenvalue weighted by atomic mass is 16.2. The molecule has 4 rings (SSSR count). The number of hydrogen-bond acceptors (Lipinski definition) is 3. The number of rotatable bonds is 4. The Morgan fingerprint density at radius 3 is 2.76 bits per heavy atom. The summed E-state index contributed by atoms with van der Waals surface area (Å²) in [4.78, 5) is 21.5. The van der Waals surface area contributed by atoms with Gasteiger partial charge in [-0.3, -0.25) is 14.7 Å². The van der Waals surface area contributed by atoms with E-state index in [1.807, 2.05) is 17.2 Å². The van der Waals surface area contributed by atoms with Crippen molar-refractivity contribution in [1.29, 1.82) is 0 Å². The van der Waals surface area contributed by atoms with Gasteiger partial charge < -0.3 is 4.90 Å². The predicted molar refractivity (Wildman–Crippen MR) is 100 cm³/mol. The van der Waals surface area contributed by atoms with Gasteiger partial charge in [0.15, 0.2) is 0 Å². The van der Waals surface area contributed by atoms with Gasteiger partial charge in [-0.2, -0.15) is 0 Å². The maximum absolute atomic E-state index is 12.5. The smallest absolute Gasteiger partial charge is 0.223 e. The third kappa shape index (κ3) is 3.74. The van der Waals surface area contributed by atoms with E-state index in [-0.39, 0.29) is 0 Å².